The Morgan fingerprint density at radius 1 is 1.16 bits per heavy atom. The SMILES string of the molecule is CC1(C)C(=O)N(c2ccc3c(c2)OCC32CCC2)C(=O)N1Cc1ccnc2c1CC(=O)N2. The van der Waals surface area contributed by atoms with Gasteiger partial charge in [0.1, 0.15) is 17.1 Å². The fourth-order valence-corrected chi connectivity index (χ4v) is 5.34. The van der Waals surface area contributed by atoms with Gasteiger partial charge in [0.05, 0.1) is 18.7 Å². The Morgan fingerprint density at radius 2 is 1.97 bits per heavy atom. The monoisotopic (exact) mass is 432 g/mol. The minimum Gasteiger partial charge on any atom is -0.492 e. The lowest BCUT2D eigenvalue weighted by Gasteiger charge is -2.36. The summed E-state index contributed by atoms with van der Waals surface area (Å²) in [5.41, 5.74) is 2.40. The number of nitrogens with one attached hydrogen (secondary N) is 1. The first kappa shape index (κ1) is 19.3. The number of fused-ring (bicyclic) bond motifs is 3. The number of carbonyl (C=O) groups excluding carboxylic acids is 3. The highest BCUT2D eigenvalue weighted by Gasteiger charge is 2.53. The van der Waals surface area contributed by atoms with E-state index in [0.717, 1.165) is 29.7 Å². The van der Waals surface area contributed by atoms with E-state index < -0.39 is 5.54 Å². The van der Waals surface area contributed by atoms with E-state index in [1.54, 1.807) is 31.0 Å². The number of benzene rings is 1. The van der Waals surface area contributed by atoms with E-state index in [4.69, 9.17) is 4.74 Å². The van der Waals surface area contributed by atoms with Crippen LogP contribution in [0.4, 0.5) is 16.3 Å². The van der Waals surface area contributed by atoms with Crippen molar-refractivity contribution in [3.8, 4) is 5.75 Å². The fourth-order valence-electron chi connectivity index (χ4n) is 5.34. The van der Waals surface area contributed by atoms with Crippen molar-refractivity contribution in [2.24, 2.45) is 0 Å². The van der Waals surface area contributed by atoms with Gasteiger partial charge in [0, 0.05) is 35.3 Å². The van der Waals surface area contributed by atoms with Crippen LogP contribution < -0.4 is 15.0 Å². The lowest BCUT2D eigenvalue weighted by molar-refractivity contribution is -0.123. The molecule has 0 unspecified atom stereocenters. The third kappa shape index (κ3) is 2.49. The lowest BCUT2D eigenvalue weighted by atomic mass is 9.66. The van der Waals surface area contributed by atoms with E-state index in [-0.39, 0.29) is 36.2 Å². The molecule has 2 aromatic rings. The van der Waals surface area contributed by atoms with Gasteiger partial charge in [-0.1, -0.05) is 12.5 Å². The zero-order chi connectivity index (χ0) is 22.3. The average molecular weight is 432 g/mol. The molecule has 0 radical (unpaired) electrons. The Hall–Kier alpha value is -3.42. The second-order valence-electron chi connectivity index (χ2n) is 9.69. The Balaban J connectivity index is 1.33. The number of ether oxygens (including phenoxy) is 1. The molecule has 1 aliphatic carbocycles. The fraction of sp³-hybridized carbons (Fsp3) is 0.417. The molecule has 164 valence electrons. The van der Waals surface area contributed by atoms with Gasteiger partial charge in [0.15, 0.2) is 0 Å². The third-order valence-electron chi connectivity index (χ3n) is 7.51. The van der Waals surface area contributed by atoms with E-state index in [9.17, 15) is 14.4 Å². The summed E-state index contributed by atoms with van der Waals surface area (Å²) in [6.07, 6.45) is 5.28. The van der Waals surface area contributed by atoms with Crippen LogP contribution in [-0.2, 0) is 28.0 Å². The molecule has 1 aromatic heterocycles. The van der Waals surface area contributed by atoms with Crippen molar-refractivity contribution in [1.29, 1.82) is 0 Å². The van der Waals surface area contributed by atoms with Crippen LogP contribution in [0.5, 0.6) is 5.75 Å². The van der Waals surface area contributed by atoms with Crippen molar-refractivity contribution in [3.63, 3.8) is 0 Å². The van der Waals surface area contributed by atoms with Gasteiger partial charge in [-0.3, -0.25) is 9.59 Å². The summed E-state index contributed by atoms with van der Waals surface area (Å²) in [6, 6.07) is 7.12. The van der Waals surface area contributed by atoms with E-state index >= 15 is 0 Å². The van der Waals surface area contributed by atoms with Gasteiger partial charge in [-0.25, -0.2) is 14.7 Å². The predicted molar refractivity (Wildman–Crippen MR) is 117 cm³/mol. The van der Waals surface area contributed by atoms with Gasteiger partial charge in [0.25, 0.3) is 5.91 Å². The van der Waals surface area contributed by atoms with Crippen molar-refractivity contribution in [1.82, 2.24) is 9.88 Å². The van der Waals surface area contributed by atoms with E-state index in [0.29, 0.717) is 18.1 Å². The molecule has 1 spiro atoms. The van der Waals surface area contributed by atoms with Crippen molar-refractivity contribution in [3.05, 3.63) is 47.2 Å². The summed E-state index contributed by atoms with van der Waals surface area (Å²) in [6.45, 7) is 4.40. The van der Waals surface area contributed by atoms with Crippen LogP contribution >= 0.6 is 0 Å². The largest absolute Gasteiger partial charge is 0.492 e. The molecule has 1 saturated heterocycles. The van der Waals surface area contributed by atoms with Gasteiger partial charge in [-0.2, -0.15) is 0 Å². The summed E-state index contributed by atoms with van der Waals surface area (Å²) in [5.74, 6) is 0.905. The van der Waals surface area contributed by atoms with Crippen LogP contribution in [0.25, 0.3) is 0 Å². The number of amides is 4. The predicted octanol–water partition coefficient (Wildman–Crippen LogP) is 3.14. The molecule has 4 heterocycles. The highest BCUT2D eigenvalue weighted by molar-refractivity contribution is 6.23. The van der Waals surface area contributed by atoms with Crippen LogP contribution in [0.15, 0.2) is 30.5 Å². The van der Waals surface area contributed by atoms with E-state index in [2.05, 4.69) is 10.3 Å². The molecular weight excluding hydrogens is 408 g/mol. The molecule has 4 aliphatic rings. The maximum atomic E-state index is 13.5. The number of nitrogens with zero attached hydrogens (tertiary/aromatic N) is 3. The van der Waals surface area contributed by atoms with Crippen molar-refractivity contribution >= 4 is 29.4 Å². The zero-order valence-electron chi connectivity index (χ0n) is 18.1. The summed E-state index contributed by atoms with van der Waals surface area (Å²) < 4.78 is 5.95. The maximum absolute atomic E-state index is 13.5. The number of carbonyl (C=O) groups is 3. The number of anilines is 2. The van der Waals surface area contributed by atoms with Crippen LogP contribution in [0, 0.1) is 0 Å². The van der Waals surface area contributed by atoms with Crippen LogP contribution in [0.2, 0.25) is 0 Å². The standard InChI is InChI=1S/C24H24N4O4/c1-23(2)21(30)28(15-4-5-17-18(10-15)32-13-24(17)7-3-8-24)22(31)27(23)12-14-6-9-25-20-16(14)11-19(29)26-20/h4-6,9-10H,3,7-8,11-13H2,1-2H3,(H,25,26,29). The zero-order valence-corrected chi connectivity index (χ0v) is 18.1. The lowest BCUT2D eigenvalue weighted by Crippen LogP contribution is -2.43. The molecule has 3 aliphatic heterocycles. The molecule has 1 aromatic carbocycles. The number of hydrogen-bond acceptors (Lipinski definition) is 5. The van der Waals surface area contributed by atoms with Gasteiger partial charge in [0.2, 0.25) is 5.91 Å². The number of pyridine rings is 1. The molecule has 8 nitrogen and oxygen atoms in total. The van der Waals surface area contributed by atoms with E-state index in [1.807, 2.05) is 18.2 Å². The highest BCUT2D eigenvalue weighted by atomic mass is 16.5. The second kappa shape index (κ2) is 6.31. The Morgan fingerprint density at radius 3 is 2.72 bits per heavy atom. The summed E-state index contributed by atoms with van der Waals surface area (Å²) in [4.78, 5) is 45.7. The third-order valence-corrected chi connectivity index (χ3v) is 7.51. The molecule has 4 amide bonds. The molecule has 0 bridgehead atoms. The van der Waals surface area contributed by atoms with Crippen molar-refractivity contribution < 1.29 is 19.1 Å². The topological polar surface area (TPSA) is 91.8 Å². The number of rotatable bonds is 3. The first-order valence-corrected chi connectivity index (χ1v) is 11.0. The first-order valence-electron chi connectivity index (χ1n) is 11.0. The van der Waals surface area contributed by atoms with Gasteiger partial charge >= 0.3 is 6.03 Å². The normalized spacial score (nSPS) is 22.0. The summed E-state index contributed by atoms with van der Waals surface area (Å²) in [7, 11) is 0. The quantitative estimate of drug-likeness (QED) is 0.753. The van der Waals surface area contributed by atoms with Crippen LogP contribution in [0.3, 0.4) is 0 Å². The molecule has 6 rings (SSSR count). The van der Waals surface area contributed by atoms with Crippen LogP contribution in [-0.4, -0.2) is 39.9 Å². The van der Waals surface area contributed by atoms with Gasteiger partial charge in [-0.05, 0) is 44.4 Å². The second-order valence-corrected chi connectivity index (χ2v) is 9.69. The molecule has 0 atom stereocenters. The van der Waals surface area contributed by atoms with Crippen LogP contribution in [0.1, 0.15) is 49.8 Å². The summed E-state index contributed by atoms with van der Waals surface area (Å²) >= 11 is 0. The molecule has 1 saturated carbocycles. The maximum Gasteiger partial charge on any atom is 0.332 e. The number of aromatic nitrogens is 1. The first-order chi connectivity index (χ1) is 15.3. The van der Waals surface area contributed by atoms with E-state index in [1.165, 1.54) is 16.9 Å². The molecule has 1 N–H and O–H groups in total. The molecule has 32 heavy (non-hydrogen) atoms. The Kier molecular flexibility index (Phi) is 3.80. The number of urea groups is 1. The number of hydrogen-bond donors (Lipinski definition) is 1. The van der Waals surface area contributed by atoms with Gasteiger partial charge in [-0.15, -0.1) is 0 Å². The highest BCUT2D eigenvalue weighted by Crippen LogP contribution is 2.52. The average Bonchev–Trinajstić information content (AvgIpc) is 3.35. The minimum absolute atomic E-state index is 0.116. The molecule has 8 heteroatoms. The van der Waals surface area contributed by atoms with Crippen molar-refractivity contribution in [2.75, 3.05) is 16.8 Å². The summed E-state index contributed by atoms with van der Waals surface area (Å²) in [5, 5.41) is 2.73. The van der Waals surface area contributed by atoms with Gasteiger partial charge < -0.3 is 15.0 Å². The van der Waals surface area contributed by atoms with Crippen molar-refractivity contribution in [2.45, 2.75) is 57.0 Å². The number of imide groups is 1. The smallest absolute Gasteiger partial charge is 0.332 e. The Labute approximate surface area is 185 Å². The Bertz CT molecular complexity index is 1200. The molecule has 2 fully saturated rings. The molecular formula is C24H24N4O4. The minimum atomic E-state index is -1.03.